The molecule has 21 heavy (non-hydrogen) atoms. The van der Waals surface area contributed by atoms with E-state index >= 15 is 0 Å². The number of carbonyl (C=O) groups excluding carboxylic acids is 1. The number of rotatable bonds is 10. The summed E-state index contributed by atoms with van der Waals surface area (Å²) >= 11 is 0. The molecule has 124 valence electrons. The third kappa shape index (κ3) is 10.3. The van der Waals surface area contributed by atoms with Gasteiger partial charge in [0.15, 0.2) is 0 Å². The number of carbonyl (C=O) groups is 2. The number of hydrogen-bond acceptors (Lipinski definition) is 4. The molecular weight excluding hydrogens is 296 g/mol. The van der Waals surface area contributed by atoms with Crippen LogP contribution in [-0.4, -0.2) is 44.2 Å². The molecule has 0 aliphatic carbocycles. The molecule has 0 rings (SSSR count). The number of amides is 1. The summed E-state index contributed by atoms with van der Waals surface area (Å²) < 4.78 is 24.9. The average Bonchev–Trinajstić information content (AvgIpc) is 2.30. The van der Waals surface area contributed by atoms with E-state index in [0.29, 0.717) is 25.8 Å². The third-order valence-electron chi connectivity index (χ3n) is 2.91. The van der Waals surface area contributed by atoms with Gasteiger partial charge in [-0.1, -0.05) is 20.8 Å². The van der Waals surface area contributed by atoms with Gasteiger partial charge in [0.25, 0.3) is 0 Å². The molecule has 7 nitrogen and oxygen atoms in total. The lowest BCUT2D eigenvalue weighted by atomic mass is 10.0. The number of nitrogens with one attached hydrogen (secondary N) is 2. The van der Waals surface area contributed by atoms with E-state index in [9.17, 15) is 18.0 Å². The van der Waals surface area contributed by atoms with Gasteiger partial charge in [-0.3, -0.25) is 9.59 Å². The van der Waals surface area contributed by atoms with Crippen LogP contribution in [0.25, 0.3) is 0 Å². The largest absolute Gasteiger partial charge is 0.481 e. The zero-order chi connectivity index (χ0) is 16.6. The van der Waals surface area contributed by atoms with Gasteiger partial charge in [0.1, 0.15) is 6.04 Å². The quantitative estimate of drug-likeness (QED) is 0.509. The molecule has 1 amide bonds. The van der Waals surface area contributed by atoms with Gasteiger partial charge in [-0.15, -0.1) is 0 Å². The Bertz CT molecular complexity index is 447. The summed E-state index contributed by atoms with van der Waals surface area (Å²) in [6.07, 6.45) is 2.42. The molecular formula is C13H26N2O5S. The van der Waals surface area contributed by atoms with E-state index in [0.717, 1.165) is 6.26 Å². The molecule has 0 radical (unpaired) electrons. The first-order chi connectivity index (χ1) is 9.53. The normalized spacial score (nSPS) is 14.7. The summed E-state index contributed by atoms with van der Waals surface area (Å²) in [6, 6.07) is -0.795. The Labute approximate surface area is 126 Å². The lowest BCUT2D eigenvalue weighted by Crippen LogP contribution is -2.47. The second-order valence-electron chi connectivity index (χ2n) is 5.74. The highest BCUT2D eigenvalue weighted by Crippen LogP contribution is 2.07. The fourth-order valence-corrected chi connectivity index (χ4v) is 2.53. The molecule has 0 heterocycles. The summed E-state index contributed by atoms with van der Waals surface area (Å²) in [5.41, 5.74) is 0. The number of hydrogen-bond donors (Lipinski definition) is 3. The van der Waals surface area contributed by atoms with Crippen LogP contribution in [0.15, 0.2) is 0 Å². The third-order valence-corrected chi connectivity index (χ3v) is 3.63. The molecule has 0 aromatic heterocycles. The van der Waals surface area contributed by atoms with Gasteiger partial charge < -0.3 is 10.4 Å². The SMILES string of the molecule is CC(C)CC(NS(C)(=O)=O)C(=O)NCCCC(C)C(=O)O. The van der Waals surface area contributed by atoms with Crippen LogP contribution in [0.4, 0.5) is 0 Å². The zero-order valence-corrected chi connectivity index (χ0v) is 13.9. The molecule has 2 unspecified atom stereocenters. The fraction of sp³-hybridized carbons (Fsp3) is 0.846. The fourth-order valence-electron chi connectivity index (χ4n) is 1.80. The topological polar surface area (TPSA) is 113 Å². The van der Waals surface area contributed by atoms with Crippen molar-refractivity contribution < 1.29 is 23.1 Å². The van der Waals surface area contributed by atoms with Gasteiger partial charge in [0, 0.05) is 6.54 Å². The van der Waals surface area contributed by atoms with Gasteiger partial charge >= 0.3 is 5.97 Å². The minimum atomic E-state index is -3.46. The second kappa shape index (κ2) is 8.99. The van der Waals surface area contributed by atoms with Crippen LogP contribution in [0.5, 0.6) is 0 Å². The van der Waals surface area contributed by atoms with E-state index in [1.54, 1.807) is 6.92 Å². The van der Waals surface area contributed by atoms with Crippen LogP contribution < -0.4 is 10.0 Å². The predicted molar refractivity (Wildman–Crippen MR) is 80.3 cm³/mol. The summed E-state index contributed by atoms with van der Waals surface area (Å²) in [4.78, 5) is 22.6. The molecule has 0 aromatic carbocycles. The highest BCUT2D eigenvalue weighted by atomic mass is 32.2. The van der Waals surface area contributed by atoms with Crippen molar-refractivity contribution in [2.75, 3.05) is 12.8 Å². The zero-order valence-electron chi connectivity index (χ0n) is 13.0. The molecule has 2 atom stereocenters. The maximum Gasteiger partial charge on any atom is 0.306 e. The highest BCUT2D eigenvalue weighted by Gasteiger charge is 2.22. The molecule has 0 saturated carbocycles. The van der Waals surface area contributed by atoms with E-state index in [1.165, 1.54) is 0 Å². The lowest BCUT2D eigenvalue weighted by Gasteiger charge is -2.19. The van der Waals surface area contributed by atoms with Gasteiger partial charge in [-0.25, -0.2) is 13.1 Å². The van der Waals surface area contributed by atoms with Gasteiger partial charge in [-0.05, 0) is 25.2 Å². The number of sulfonamides is 1. The molecule has 0 spiro atoms. The maximum atomic E-state index is 12.0. The van der Waals surface area contributed by atoms with Crippen molar-refractivity contribution in [1.82, 2.24) is 10.0 Å². The van der Waals surface area contributed by atoms with Crippen LogP contribution in [0.2, 0.25) is 0 Å². The second-order valence-corrected chi connectivity index (χ2v) is 7.52. The summed E-state index contributed by atoms with van der Waals surface area (Å²) in [7, 11) is -3.46. The van der Waals surface area contributed by atoms with Crippen molar-refractivity contribution in [3.63, 3.8) is 0 Å². The summed E-state index contributed by atoms with van der Waals surface area (Å²) in [6.45, 7) is 5.74. The Morgan fingerprint density at radius 1 is 1.19 bits per heavy atom. The molecule has 0 bridgehead atoms. The Balaban J connectivity index is 4.32. The lowest BCUT2D eigenvalue weighted by molar-refractivity contribution is -0.141. The number of carboxylic acid groups (broad SMARTS) is 1. The van der Waals surface area contributed by atoms with Crippen molar-refractivity contribution in [3.8, 4) is 0 Å². The molecule has 0 aromatic rings. The van der Waals surface area contributed by atoms with Crippen molar-refractivity contribution >= 4 is 21.9 Å². The maximum absolute atomic E-state index is 12.0. The minimum absolute atomic E-state index is 0.169. The van der Waals surface area contributed by atoms with Crippen LogP contribution in [0, 0.1) is 11.8 Å². The molecule has 0 fully saturated rings. The van der Waals surface area contributed by atoms with Crippen LogP contribution in [0.1, 0.15) is 40.0 Å². The molecule has 0 aliphatic heterocycles. The monoisotopic (exact) mass is 322 g/mol. The summed E-state index contributed by atoms with van der Waals surface area (Å²) in [5, 5.41) is 11.4. The van der Waals surface area contributed by atoms with Gasteiger partial charge in [0.05, 0.1) is 12.2 Å². The first-order valence-electron chi connectivity index (χ1n) is 7.00. The van der Waals surface area contributed by atoms with Crippen LogP contribution >= 0.6 is 0 Å². The van der Waals surface area contributed by atoms with E-state index in [2.05, 4.69) is 10.0 Å². The van der Waals surface area contributed by atoms with E-state index in [1.807, 2.05) is 13.8 Å². The number of aliphatic carboxylic acids is 1. The molecule has 3 N–H and O–H groups in total. The predicted octanol–water partition coefficient (Wildman–Crippen LogP) is 0.567. The van der Waals surface area contributed by atoms with E-state index in [-0.39, 0.29) is 11.8 Å². The summed E-state index contributed by atoms with van der Waals surface area (Å²) in [5.74, 6) is -1.53. The Morgan fingerprint density at radius 2 is 1.76 bits per heavy atom. The smallest absolute Gasteiger partial charge is 0.306 e. The molecule has 8 heteroatoms. The van der Waals surface area contributed by atoms with Crippen molar-refractivity contribution in [1.29, 1.82) is 0 Å². The van der Waals surface area contributed by atoms with E-state index in [4.69, 9.17) is 5.11 Å². The van der Waals surface area contributed by atoms with Crippen LogP contribution in [0.3, 0.4) is 0 Å². The molecule has 0 saturated heterocycles. The minimum Gasteiger partial charge on any atom is -0.481 e. The Hall–Kier alpha value is -1.15. The van der Waals surface area contributed by atoms with Gasteiger partial charge in [0.2, 0.25) is 15.9 Å². The van der Waals surface area contributed by atoms with Crippen molar-refractivity contribution in [2.24, 2.45) is 11.8 Å². The Morgan fingerprint density at radius 3 is 2.19 bits per heavy atom. The van der Waals surface area contributed by atoms with E-state index < -0.39 is 28.0 Å². The first-order valence-corrected chi connectivity index (χ1v) is 8.90. The average molecular weight is 322 g/mol. The van der Waals surface area contributed by atoms with Crippen molar-refractivity contribution in [2.45, 2.75) is 46.1 Å². The molecule has 0 aliphatic rings. The van der Waals surface area contributed by atoms with Crippen LogP contribution in [-0.2, 0) is 19.6 Å². The highest BCUT2D eigenvalue weighted by molar-refractivity contribution is 7.88. The van der Waals surface area contributed by atoms with Gasteiger partial charge in [-0.2, -0.15) is 0 Å². The number of carboxylic acids is 1. The first kappa shape index (κ1) is 19.9. The standard InChI is InChI=1S/C13H26N2O5S/c1-9(2)8-11(15-21(4,19)20)12(16)14-7-5-6-10(3)13(17)18/h9-11,15H,5-8H2,1-4H3,(H,14,16)(H,17,18). The van der Waals surface area contributed by atoms with Crippen molar-refractivity contribution in [3.05, 3.63) is 0 Å². The Kier molecular flexibility index (Phi) is 8.50.